The molecular weight excluding hydrogens is 262 g/mol. The van der Waals surface area contributed by atoms with Crippen LogP contribution in [0.2, 0.25) is 0 Å². The van der Waals surface area contributed by atoms with E-state index in [1.807, 2.05) is 19.9 Å². The third kappa shape index (κ3) is 2.87. The van der Waals surface area contributed by atoms with Crippen molar-refractivity contribution in [2.75, 3.05) is 17.7 Å². The molecule has 4 nitrogen and oxygen atoms in total. The zero-order chi connectivity index (χ0) is 15.6. The highest BCUT2D eigenvalue weighted by Gasteiger charge is 2.17. The van der Waals surface area contributed by atoms with Crippen molar-refractivity contribution in [3.63, 3.8) is 0 Å². The van der Waals surface area contributed by atoms with Gasteiger partial charge in [0.15, 0.2) is 0 Å². The lowest BCUT2D eigenvalue weighted by Crippen LogP contribution is -2.27. The normalized spacial score (nSPS) is 10.0. The molecule has 0 aliphatic heterocycles. The van der Waals surface area contributed by atoms with E-state index in [-0.39, 0.29) is 5.91 Å². The Morgan fingerprint density at radius 3 is 2.57 bits per heavy atom. The van der Waals surface area contributed by atoms with Crippen molar-refractivity contribution < 1.29 is 4.79 Å². The number of hydrogen-bond acceptors (Lipinski definition) is 3. The number of benzene rings is 2. The van der Waals surface area contributed by atoms with E-state index in [0.717, 1.165) is 11.1 Å². The van der Waals surface area contributed by atoms with E-state index in [1.165, 1.54) is 4.90 Å². The number of amides is 1. The molecule has 1 amide bonds. The Kier molecular flexibility index (Phi) is 3.95. The second-order valence-electron chi connectivity index (χ2n) is 5.05. The first-order chi connectivity index (χ1) is 9.93. The van der Waals surface area contributed by atoms with Crippen LogP contribution in [0.4, 0.5) is 11.4 Å². The average Bonchev–Trinajstić information content (AvgIpc) is 2.49. The van der Waals surface area contributed by atoms with Crippen LogP contribution in [0.1, 0.15) is 27.0 Å². The van der Waals surface area contributed by atoms with Crippen molar-refractivity contribution in [3.05, 3.63) is 58.7 Å². The van der Waals surface area contributed by atoms with Gasteiger partial charge in [-0.25, -0.2) is 0 Å². The van der Waals surface area contributed by atoms with Gasteiger partial charge in [-0.15, -0.1) is 0 Å². The smallest absolute Gasteiger partial charge is 0.258 e. The summed E-state index contributed by atoms with van der Waals surface area (Å²) in [5.41, 5.74) is 10.1. The van der Waals surface area contributed by atoms with Crippen molar-refractivity contribution in [1.82, 2.24) is 0 Å². The number of aryl methyl sites for hydroxylation is 2. The lowest BCUT2D eigenvalue weighted by Gasteiger charge is -2.19. The first-order valence-electron chi connectivity index (χ1n) is 6.59. The molecule has 2 rings (SSSR count). The molecule has 0 bridgehead atoms. The van der Waals surface area contributed by atoms with Crippen LogP contribution >= 0.6 is 0 Å². The Bertz CT molecular complexity index is 744. The summed E-state index contributed by atoms with van der Waals surface area (Å²) in [5.74, 6) is -0.144. The molecule has 2 aromatic carbocycles. The Morgan fingerprint density at radius 2 is 1.90 bits per heavy atom. The molecule has 0 aliphatic rings. The fourth-order valence-corrected chi connectivity index (χ4v) is 2.18. The van der Waals surface area contributed by atoms with Gasteiger partial charge in [0.1, 0.15) is 0 Å². The second-order valence-corrected chi connectivity index (χ2v) is 5.05. The summed E-state index contributed by atoms with van der Waals surface area (Å²) in [6.45, 7) is 3.80. The minimum absolute atomic E-state index is 0.144. The maximum Gasteiger partial charge on any atom is 0.258 e. The molecule has 4 heteroatoms. The predicted octanol–water partition coefficient (Wildman–Crippen LogP) is 3.03. The SMILES string of the molecule is Cc1cc(C)c(C(=O)N(C)c2cccc(C#N)c2)cc1N. The van der Waals surface area contributed by atoms with Gasteiger partial charge in [0.2, 0.25) is 0 Å². The van der Waals surface area contributed by atoms with E-state index < -0.39 is 0 Å². The molecule has 0 saturated heterocycles. The van der Waals surface area contributed by atoms with Gasteiger partial charge in [0.05, 0.1) is 11.6 Å². The quantitative estimate of drug-likeness (QED) is 0.859. The highest BCUT2D eigenvalue weighted by molar-refractivity contribution is 6.07. The highest BCUT2D eigenvalue weighted by atomic mass is 16.2. The van der Waals surface area contributed by atoms with Gasteiger partial charge >= 0.3 is 0 Å². The maximum atomic E-state index is 12.6. The van der Waals surface area contributed by atoms with E-state index in [2.05, 4.69) is 6.07 Å². The fraction of sp³-hybridized carbons (Fsp3) is 0.176. The lowest BCUT2D eigenvalue weighted by atomic mass is 10.0. The van der Waals surface area contributed by atoms with Crippen molar-refractivity contribution >= 4 is 17.3 Å². The number of carbonyl (C=O) groups is 1. The molecule has 21 heavy (non-hydrogen) atoms. The van der Waals surface area contributed by atoms with Gasteiger partial charge in [-0.3, -0.25) is 4.79 Å². The number of nitrogens with zero attached hydrogens (tertiary/aromatic N) is 2. The molecule has 0 saturated carbocycles. The molecule has 0 aromatic heterocycles. The number of hydrogen-bond donors (Lipinski definition) is 1. The van der Waals surface area contributed by atoms with Gasteiger partial charge in [0, 0.05) is 24.0 Å². The summed E-state index contributed by atoms with van der Waals surface area (Å²) in [4.78, 5) is 14.1. The first kappa shape index (κ1) is 14.6. The minimum atomic E-state index is -0.144. The van der Waals surface area contributed by atoms with Crippen LogP contribution in [-0.2, 0) is 0 Å². The van der Waals surface area contributed by atoms with Crippen LogP contribution < -0.4 is 10.6 Å². The minimum Gasteiger partial charge on any atom is -0.398 e. The van der Waals surface area contributed by atoms with Crippen molar-refractivity contribution in [2.24, 2.45) is 0 Å². The molecule has 0 atom stereocenters. The van der Waals surface area contributed by atoms with E-state index in [0.29, 0.717) is 22.5 Å². The monoisotopic (exact) mass is 279 g/mol. The van der Waals surface area contributed by atoms with Crippen LogP contribution in [-0.4, -0.2) is 13.0 Å². The summed E-state index contributed by atoms with van der Waals surface area (Å²) >= 11 is 0. The molecule has 0 heterocycles. The fourth-order valence-electron chi connectivity index (χ4n) is 2.18. The summed E-state index contributed by atoms with van der Waals surface area (Å²) in [6.07, 6.45) is 0. The molecule has 0 unspecified atom stereocenters. The molecule has 0 aliphatic carbocycles. The standard InChI is InChI=1S/C17H17N3O/c1-11-7-12(2)16(19)9-15(11)17(21)20(3)14-6-4-5-13(8-14)10-18/h4-9H,19H2,1-3H3. The average molecular weight is 279 g/mol. The Labute approximate surface area is 124 Å². The van der Waals surface area contributed by atoms with Crippen LogP contribution in [0.3, 0.4) is 0 Å². The van der Waals surface area contributed by atoms with E-state index >= 15 is 0 Å². The van der Waals surface area contributed by atoms with Crippen LogP contribution in [0.25, 0.3) is 0 Å². The van der Waals surface area contributed by atoms with E-state index in [1.54, 1.807) is 37.4 Å². The Hall–Kier alpha value is -2.80. The topological polar surface area (TPSA) is 70.1 Å². The third-order valence-corrected chi connectivity index (χ3v) is 3.51. The number of nitriles is 1. The highest BCUT2D eigenvalue weighted by Crippen LogP contribution is 2.22. The molecule has 0 fully saturated rings. The molecule has 106 valence electrons. The van der Waals surface area contributed by atoms with Gasteiger partial charge < -0.3 is 10.6 Å². The van der Waals surface area contributed by atoms with Crippen LogP contribution in [0.5, 0.6) is 0 Å². The van der Waals surface area contributed by atoms with Gasteiger partial charge in [-0.1, -0.05) is 12.1 Å². The number of rotatable bonds is 2. The zero-order valence-corrected chi connectivity index (χ0v) is 12.3. The zero-order valence-electron chi connectivity index (χ0n) is 12.3. The summed E-state index contributed by atoms with van der Waals surface area (Å²) < 4.78 is 0. The Morgan fingerprint density at radius 1 is 1.19 bits per heavy atom. The van der Waals surface area contributed by atoms with Crippen LogP contribution in [0, 0.1) is 25.2 Å². The number of carbonyl (C=O) groups excluding carboxylic acids is 1. The first-order valence-corrected chi connectivity index (χ1v) is 6.59. The largest absolute Gasteiger partial charge is 0.398 e. The third-order valence-electron chi connectivity index (χ3n) is 3.51. The second kappa shape index (κ2) is 5.68. The van der Waals surface area contributed by atoms with Gasteiger partial charge in [-0.2, -0.15) is 5.26 Å². The lowest BCUT2D eigenvalue weighted by molar-refractivity contribution is 0.0992. The molecule has 2 N–H and O–H groups in total. The molecular formula is C17H17N3O. The number of nitrogen functional groups attached to an aromatic ring is 1. The maximum absolute atomic E-state index is 12.6. The summed E-state index contributed by atoms with van der Waals surface area (Å²) in [6, 6.07) is 12.6. The van der Waals surface area contributed by atoms with Crippen molar-refractivity contribution in [3.8, 4) is 6.07 Å². The molecule has 0 spiro atoms. The van der Waals surface area contributed by atoms with Crippen molar-refractivity contribution in [1.29, 1.82) is 5.26 Å². The van der Waals surface area contributed by atoms with Gasteiger partial charge in [0.25, 0.3) is 5.91 Å². The van der Waals surface area contributed by atoms with Gasteiger partial charge in [-0.05, 0) is 49.2 Å². The summed E-state index contributed by atoms with van der Waals surface area (Å²) in [7, 11) is 1.69. The molecule has 2 aromatic rings. The summed E-state index contributed by atoms with van der Waals surface area (Å²) in [5, 5.41) is 8.94. The van der Waals surface area contributed by atoms with E-state index in [9.17, 15) is 4.79 Å². The Balaban J connectivity index is 2.40. The van der Waals surface area contributed by atoms with Crippen molar-refractivity contribution in [2.45, 2.75) is 13.8 Å². The predicted molar refractivity (Wildman–Crippen MR) is 84.2 cm³/mol. The van der Waals surface area contributed by atoms with E-state index in [4.69, 9.17) is 11.0 Å². The molecule has 0 radical (unpaired) electrons. The number of nitrogens with two attached hydrogens (primary N) is 1. The van der Waals surface area contributed by atoms with Crippen LogP contribution in [0.15, 0.2) is 36.4 Å². The number of anilines is 2.